The normalized spacial score (nSPS) is 27.8. The Bertz CT molecular complexity index is 582. The van der Waals surface area contributed by atoms with Gasteiger partial charge in [-0.05, 0) is 50.0 Å². The summed E-state index contributed by atoms with van der Waals surface area (Å²) in [6.07, 6.45) is 7.90. The maximum absolute atomic E-state index is 11.1. The number of hydrogen-bond acceptors (Lipinski definition) is 3. The van der Waals surface area contributed by atoms with Gasteiger partial charge >= 0.3 is 0 Å². The third-order valence-electron chi connectivity index (χ3n) is 5.03. The molecule has 1 aromatic rings. The second kappa shape index (κ2) is 5.51. The van der Waals surface area contributed by atoms with Crippen LogP contribution in [0.4, 0.5) is 11.4 Å². The van der Waals surface area contributed by atoms with E-state index in [1.54, 1.807) is 6.07 Å². The molecule has 0 amide bonds. The summed E-state index contributed by atoms with van der Waals surface area (Å²) < 4.78 is 0. The van der Waals surface area contributed by atoms with E-state index in [9.17, 15) is 10.1 Å². The summed E-state index contributed by atoms with van der Waals surface area (Å²) in [4.78, 5) is 10.9. The molecule has 0 aliphatic heterocycles. The van der Waals surface area contributed by atoms with Crippen molar-refractivity contribution in [2.45, 2.75) is 39.2 Å². The molecule has 0 radical (unpaired) electrons. The van der Waals surface area contributed by atoms with Crippen LogP contribution in [0.3, 0.4) is 0 Å². The Hall–Kier alpha value is -1.84. The van der Waals surface area contributed by atoms with Crippen molar-refractivity contribution in [3.63, 3.8) is 0 Å². The number of aryl methyl sites for hydroxylation is 1. The van der Waals surface area contributed by atoms with Crippen molar-refractivity contribution in [2.75, 3.05) is 5.32 Å². The van der Waals surface area contributed by atoms with Gasteiger partial charge in [0.15, 0.2) is 0 Å². The number of nitrogens with zero attached hydrogens (tertiary/aromatic N) is 1. The molecule has 21 heavy (non-hydrogen) atoms. The molecule has 1 fully saturated rings. The summed E-state index contributed by atoms with van der Waals surface area (Å²) >= 11 is 0. The van der Waals surface area contributed by atoms with Crippen molar-refractivity contribution in [3.8, 4) is 0 Å². The summed E-state index contributed by atoms with van der Waals surface area (Å²) in [5.74, 6) is 2.08. The van der Waals surface area contributed by atoms with E-state index in [1.165, 1.54) is 12.8 Å². The van der Waals surface area contributed by atoms with E-state index in [2.05, 4.69) is 24.4 Å². The van der Waals surface area contributed by atoms with Crippen LogP contribution in [0, 0.1) is 27.9 Å². The molecule has 0 saturated heterocycles. The van der Waals surface area contributed by atoms with Crippen LogP contribution in [0.1, 0.15) is 32.3 Å². The number of nitro groups is 1. The number of allylic oxidation sites excluding steroid dienone is 2. The minimum atomic E-state index is -0.283. The van der Waals surface area contributed by atoms with E-state index >= 15 is 0 Å². The molecular formula is C17H22N2O2. The van der Waals surface area contributed by atoms with Gasteiger partial charge in [-0.3, -0.25) is 10.1 Å². The van der Waals surface area contributed by atoms with Crippen molar-refractivity contribution in [2.24, 2.45) is 17.8 Å². The minimum Gasteiger partial charge on any atom is -0.382 e. The molecule has 4 nitrogen and oxygen atoms in total. The van der Waals surface area contributed by atoms with E-state index in [0.717, 1.165) is 17.2 Å². The van der Waals surface area contributed by atoms with Gasteiger partial charge < -0.3 is 5.32 Å². The van der Waals surface area contributed by atoms with Gasteiger partial charge in [0.05, 0.1) is 4.92 Å². The SMILES string of the molecule is CCc1ccc(NC(C)C2CC3C=CC2C3)cc1[N+](=O)[O-]. The van der Waals surface area contributed by atoms with Crippen molar-refractivity contribution in [3.05, 3.63) is 46.0 Å². The molecule has 2 bridgehead atoms. The van der Waals surface area contributed by atoms with E-state index in [-0.39, 0.29) is 10.6 Å². The Morgan fingerprint density at radius 1 is 1.38 bits per heavy atom. The van der Waals surface area contributed by atoms with Crippen LogP contribution < -0.4 is 5.32 Å². The zero-order valence-electron chi connectivity index (χ0n) is 12.6. The van der Waals surface area contributed by atoms with Crippen LogP contribution in [0.5, 0.6) is 0 Å². The summed E-state index contributed by atoms with van der Waals surface area (Å²) in [6, 6.07) is 5.86. The number of hydrogen-bond donors (Lipinski definition) is 1. The Kier molecular flexibility index (Phi) is 3.70. The molecule has 0 heterocycles. The molecule has 1 N–H and O–H groups in total. The number of benzene rings is 1. The van der Waals surface area contributed by atoms with Crippen molar-refractivity contribution >= 4 is 11.4 Å². The average molecular weight is 286 g/mol. The van der Waals surface area contributed by atoms with Crippen molar-refractivity contribution in [1.82, 2.24) is 0 Å². The zero-order chi connectivity index (χ0) is 15.0. The summed E-state index contributed by atoms with van der Waals surface area (Å²) in [5.41, 5.74) is 1.88. The number of fused-ring (bicyclic) bond motifs is 2. The molecule has 4 unspecified atom stereocenters. The molecule has 0 spiro atoms. The first-order valence-electron chi connectivity index (χ1n) is 7.80. The van der Waals surface area contributed by atoms with Gasteiger partial charge in [-0.2, -0.15) is 0 Å². The number of nitro benzene ring substituents is 1. The first-order valence-corrected chi connectivity index (χ1v) is 7.80. The highest BCUT2D eigenvalue weighted by molar-refractivity contribution is 5.55. The molecule has 3 rings (SSSR count). The lowest BCUT2D eigenvalue weighted by Crippen LogP contribution is -2.28. The fourth-order valence-electron chi connectivity index (χ4n) is 3.89. The molecule has 4 heteroatoms. The molecule has 1 aromatic carbocycles. The topological polar surface area (TPSA) is 55.2 Å². The average Bonchev–Trinajstić information content (AvgIpc) is 3.09. The van der Waals surface area contributed by atoms with Crippen LogP contribution in [-0.4, -0.2) is 11.0 Å². The number of rotatable bonds is 5. The molecule has 0 aromatic heterocycles. The van der Waals surface area contributed by atoms with Gasteiger partial charge in [-0.15, -0.1) is 0 Å². The molecular weight excluding hydrogens is 264 g/mol. The third-order valence-corrected chi connectivity index (χ3v) is 5.03. The van der Waals surface area contributed by atoms with E-state index in [4.69, 9.17) is 0 Å². The van der Waals surface area contributed by atoms with Gasteiger partial charge in [0.2, 0.25) is 0 Å². The van der Waals surface area contributed by atoms with Crippen molar-refractivity contribution < 1.29 is 4.92 Å². The highest BCUT2D eigenvalue weighted by atomic mass is 16.6. The quantitative estimate of drug-likeness (QED) is 0.502. The van der Waals surface area contributed by atoms with Crippen LogP contribution in [0.25, 0.3) is 0 Å². The first kappa shape index (κ1) is 14.1. The largest absolute Gasteiger partial charge is 0.382 e. The summed E-state index contributed by atoms with van der Waals surface area (Å²) in [7, 11) is 0. The van der Waals surface area contributed by atoms with Crippen LogP contribution in [0.15, 0.2) is 30.4 Å². The van der Waals surface area contributed by atoms with E-state index < -0.39 is 0 Å². The second-order valence-corrected chi connectivity index (χ2v) is 6.33. The monoisotopic (exact) mass is 286 g/mol. The second-order valence-electron chi connectivity index (χ2n) is 6.33. The van der Waals surface area contributed by atoms with E-state index in [1.807, 2.05) is 19.1 Å². The highest BCUT2D eigenvalue weighted by Gasteiger charge is 2.38. The van der Waals surface area contributed by atoms with Gasteiger partial charge in [-0.25, -0.2) is 0 Å². The van der Waals surface area contributed by atoms with Crippen LogP contribution in [-0.2, 0) is 6.42 Å². The predicted molar refractivity (Wildman–Crippen MR) is 84.4 cm³/mol. The predicted octanol–water partition coefficient (Wildman–Crippen LogP) is 4.17. The summed E-state index contributed by atoms with van der Waals surface area (Å²) in [5, 5.41) is 14.6. The lowest BCUT2D eigenvalue weighted by Gasteiger charge is -2.27. The number of anilines is 1. The Morgan fingerprint density at radius 3 is 2.76 bits per heavy atom. The first-order chi connectivity index (χ1) is 10.1. The maximum atomic E-state index is 11.1. The lowest BCUT2D eigenvalue weighted by atomic mass is 9.87. The Balaban J connectivity index is 1.74. The van der Waals surface area contributed by atoms with Gasteiger partial charge in [-0.1, -0.05) is 25.1 Å². The fraction of sp³-hybridized carbons (Fsp3) is 0.529. The minimum absolute atomic E-state index is 0.225. The number of nitrogens with one attached hydrogen (secondary N) is 1. The summed E-state index contributed by atoms with van der Waals surface area (Å²) in [6.45, 7) is 4.14. The molecule has 1 saturated carbocycles. The molecule has 112 valence electrons. The van der Waals surface area contributed by atoms with Crippen LogP contribution >= 0.6 is 0 Å². The molecule has 4 atom stereocenters. The molecule has 2 aliphatic carbocycles. The molecule has 2 aliphatic rings. The zero-order valence-corrected chi connectivity index (χ0v) is 12.6. The lowest BCUT2D eigenvalue weighted by molar-refractivity contribution is -0.385. The maximum Gasteiger partial charge on any atom is 0.274 e. The third kappa shape index (κ3) is 2.67. The van der Waals surface area contributed by atoms with E-state index in [0.29, 0.717) is 24.3 Å². The standard InChI is InChI=1S/C17H22N2O2/c1-3-13-6-7-15(10-17(13)19(20)21)18-11(2)16-9-12-4-5-14(16)8-12/h4-7,10-12,14,16,18H,3,8-9H2,1-2H3. The van der Waals surface area contributed by atoms with Gasteiger partial charge in [0, 0.05) is 23.4 Å². The van der Waals surface area contributed by atoms with Gasteiger partial charge in [0.25, 0.3) is 5.69 Å². The highest BCUT2D eigenvalue weighted by Crippen LogP contribution is 2.45. The fourth-order valence-corrected chi connectivity index (χ4v) is 3.89. The Labute approximate surface area is 125 Å². The van der Waals surface area contributed by atoms with Crippen LogP contribution in [0.2, 0.25) is 0 Å². The van der Waals surface area contributed by atoms with Gasteiger partial charge in [0.1, 0.15) is 0 Å². The van der Waals surface area contributed by atoms with Crippen molar-refractivity contribution in [1.29, 1.82) is 0 Å². The Morgan fingerprint density at radius 2 is 2.19 bits per heavy atom. The smallest absolute Gasteiger partial charge is 0.274 e.